The van der Waals surface area contributed by atoms with Gasteiger partial charge in [-0.3, -0.25) is 0 Å². The number of nitrogens with zero attached hydrogens (tertiary/aromatic N) is 3. The highest BCUT2D eigenvalue weighted by Gasteiger charge is 1.99. The molecule has 15 heavy (non-hydrogen) atoms. The molecular formula is C10H17BrN4. The zero-order valence-corrected chi connectivity index (χ0v) is 10.8. The average molecular weight is 273 g/mol. The monoisotopic (exact) mass is 272 g/mol. The molecule has 0 amide bonds. The van der Waals surface area contributed by atoms with Gasteiger partial charge in [0.15, 0.2) is 0 Å². The zero-order valence-electron chi connectivity index (χ0n) is 9.20. The SMILES string of the molecule is CCN(CC)CCNc1ncc(Br)cn1. The molecular weight excluding hydrogens is 256 g/mol. The van der Waals surface area contributed by atoms with Gasteiger partial charge in [0, 0.05) is 25.5 Å². The Morgan fingerprint density at radius 2 is 1.87 bits per heavy atom. The summed E-state index contributed by atoms with van der Waals surface area (Å²) in [6, 6.07) is 0. The van der Waals surface area contributed by atoms with Crippen LogP contribution in [0, 0.1) is 0 Å². The number of halogens is 1. The molecule has 84 valence electrons. The lowest BCUT2D eigenvalue weighted by atomic mass is 10.4. The molecule has 1 heterocycles. The van der Waals surface area contributed by atoms with Crippen molar-refractivity contribution < 1.29 is 0 Å². The van der Waals surface area contributed by atoms with Crippen LogP contribution in [0.15, 0.2) is 16.9 Å². The van der Waals surface area contributed by atoms with Gasteiger partial charge >= 0.3 is 0 Å². The third kappa shape index (κ3) is 4.57. The number of hydrogen-bond acceptors (Lipinski definition) is 4. The highest BCUT2D eigenvalue weighted by molar-refractivity contribution is 9.10. The van der Waals surface area contributed by atoms with Crippen LogP contribution in [0.25, 0.3) is 0 Å². The van der Waals surface area contributed by atoms with Gasteiger partial charge in [0.05, 0.1) is 4.47 Å². The molecule has 4 nitrogen and oxygen atoms in total. The van der Waals surface area contributed by atoms with Crippen molar-refractivity contribution in [3.8, 4) is 0 Å². The molecule has 0 saturated carbocycles. The van der Waals surface area contributed by atoms with E-state index in [1.54, 1.807) is 12.4 Å². The minimum atomic E-state index is 0.686. The van der Waals surface area contributed by atoms with Crippen LogP contribution in [0.2, 0.25) is 0 Å². The molecule has 5 heteroatoms. The Labute approximate surface area is 99.2 Å². The summed E-state index contributed by atoms with van der Waals surface area (Å²) in [7, 11) is 0. The van der Waals surface area contributed by atoms with E-state index in [0.29, 0.717) is 5.95 Å². The third-order valence-electron chi connectivity index (χ3n) is 2.23. The fourth-order valence-corrected chi connectivity index (χ4v) is 1.47. The molecule has 0 fully saturated rings. The molecule has 0 bridgehead atoms. The molecule has 0 aromatic carbocycles. The smallest absolute Gasteiger partial charge is 0.222 e. The molecule has 0 unspecified atom stereocenters. The van der Waals surface area contributed by atoms with E-state index in [1.807, 2.05) is 0 Å². The average Bonchev–Trinajstić information content (AvgIpc) is 2.27. The maximum atomic E-state index is 4.14. The minimum absolute atomic E-state index is 0.686. The van der Waals surface area contributed by atoms with Crippen molar-refractivity contribution in [3.05, 3.63) is 16.9 Å². The highest BCUT2D eigenvalue weighted by Crippen LogP contribution is 2.06. The van der Waals surface area contributed by atoms with Crippen molar-refractivity contribution in [3.63, 3.8) is 0 Å². The van der Waals surface area contributed by atoms with Crippen molar-refractivity contribution in [2.45, 2.75) is 13.8 Å². The molecule has 0 spiro atoms. The Balaban J connectivity index is 2.28. The van der Waals surface area contributed by atoms with Gasteiger partial charge in [-0.05, 0) is 29.0 Å². The Hall–Kier alpha value is -0.680. The summed E-state index contributed by atoms with van der Waals surface area (Å²) in [4.78, 5) is 10.6. The van der Waals surface area contributed by atoms with Crippen molar-refractivity contribution in [2.24, 2.45) is 0 Å². The summed E-state index contributed by atoms with van der Waals surface area (Å²) in [6.07, 6.45) is 3.49. The highest BCUT2D eigenvalue weighted by atomic mass is 79.9. The van der Waals surface area contributed by atoms with E-state index >= 15 is 0 Å². The molecule has 0 atom stereocenters. The second-order valence-corrected chi connectivity index (χ2v) is 4.09. The Bertz CT molecular complexity index is 271. The normalized spacial score (nSPS) is 10.7. The Kier molecular flexibility index (Phi) is 5.57. The molecule has 0 aliphatic carbocycles. The van der Waals surface area contributed by atoms with Crippen LogP contribution in [0.1, 0.15) is 13.8 Å². The fourth-order valence-electron chi connectivity index (χ4n) is 1.27. The summed E-state index contributed by atoms with van der Waals surface area (Å²) in [6.45, 7) is 8.40. The largest absolute Gasteiger partial charge is 0.353 e. The second kappa shape index (κ2) is 6.74. The lowest BCUT2D eigenvalue weighted by Crippen LogP contribution is -2.28. The number of aromatic nitrogens is 2. The summed E-state index contributed by atoms with van der Waals surface area (Å²) in [5.74, 6) is 0.686. The lowest BCUT2D eigenvalue weighted by Gasteiger charge is -2.17. The molecule has 1 rings (SSSR count). The van der Waals surface area contributed by atoms with Crippen LogP contribution in [0.5, 0.6) is 0 Å². The van der Waals surface area contributed by atoms with Gasteiger partial charge in [-0.2, -0.15) is 0 Å². The van der Waals surface area contributed by atoms with Crippen LogP contribution in [0.4, 0.5) is 5.95 Å². The van der Waals surface area contributed by atoms with E-state index in [1.165, 1.54) is 0 Å². The van der Waals surface area contributed by atoms with Gasteiger partial charge in [-0.25, -0.2) is 9.97 Å². The number of likely N-dealkylation sites (N-methyl/N-ethyl adjacent to an activating group) is 1. The van der Waals surface area contributed by atoms with Crippen molar-refractivity contribution in [2.75, 3.05) is 31.5 Å². The molecule has 0 saturated heterocycles. The number of anilines is 1. The van der Waals surface area contributed by atoms with E-state index in [2.05, 4.69) is 50.0 Å². The molecule has 0 aliphatic rings. The molecule has 1 N–H and O–H groups in total. The summed E-state index contributed by atoms with van der Waals surface area (Å²) < 4.78 is 0.900. The topological polar surface area (TPSA) is 41.0 Å². The van der Waals surface area contributed by atoms with Gasteiger partial charge in [-0.15, -0.1) is 0 Å². The van der Waals surface area contributed by atoms with Crippen LogP contribution in [0.3, 0.4) is 0 Å². The first-order chi connectivity index (χ1) is 7.26. The van der Waals surface area contributed by atoms with Crippen LogP contribution in [-0.4, -0.2) is 41.0 Å². The predicted molar refractivity (Wildman–Crippen MR) is 66.0 cm³/mol. The van der Waals surface area contributed by atoms with Gasteiger partial charge in [0.2, 0.25) is 5.95 Å². The summed E-state index contributed by atoms with van der Waals surface area (Å²) >= 11 is 3.30. The van der Waals surface area contributed by atoms with E-state index in [9.17, 15) is 0 Å². The zero-order chi connectivity index (χ0) is 11.1. The van der Waals surface area contributed by atoms with Crippen LogP contribution >= 0.6 is 15.9 Å². The Morgan fingerprint density at radius 3 is 2.40 bits per heavy atom. The van der Waals surface area contributed by atoms with Gasteiger partial charge in [0.1, 0.15) is 0 Å². The quantitative estimate of drug-likeness (QED) is 0.860. The molecule has 0 aliphatic heterocycles. The molecule has 0 radical (unpaired) electrons. The summed E-state index contributed by atoms with van der Waals surface area (Å²) in [5, 5.41) is 3.19. The predicted octanol–water partition coefficient (Wildman–Crippen LogP) is 1.99. The van der Waals surface area contributed by atoms with Crippen LogP contribution in [-0.2, 0) is 0 Å². The molecule has 1 aromatic rings. The first-order valence-electron chi connectivity index (χ1n) is 5.20. The summed E-state index contributed by atoms with van der Waals surface area (Å²) in [5.41, 5.74) is 0. The minimum Gasteiger partial charge on any atom is -0.353 e. The number of nitrogens with one attached hydrogen (secondary N) is 1. The van der Waals surface area contributed by atoms with Crippen molar-refractivity contribution >= 4 is 21.9 Å². The first kappa shape index (κ1) is 12.4. The van der Waals surface area contributed by atoms with E-state index in [-0.39, 0.29) is 0 Å². The lowest BCUT2D eigenvalue weighted by molar-refractivity contribution is 0.316. The van der Waals surface area contributed by atoms with Gasteiger partial charge in [0.25, 0.3) is 0 Å². The third-order valence-corrected chi connectivity index (χ3v) is 2.64. The van der Waals surface area contributed by atoms with Crippen molar-refractivity contribution in [1.82, 2.24) is 14.9 Å². The van der Waals surface area contributed by atoms with Crippen LogP contribution < -0.4 is 5.32 Å². The van der Waals surface area contributed by atoms with Gasteiger partial charge in [-0.1, -0.05) is 13.8 Å². The maximum Gasteiger partial charge on any atom is 0.222 e. The fraction of sp³-hybridized carbons (Fsp3) is 0.600. The van der Waals surface area contributed by atoms with E-state index in [0.717, 1.165) is 30.7 Å². The van der Waals surface area contributed by atoms with Crippen molar-refractivity contribution in [1.29, 1.82) is 0 Å². The first-order valence-corrected chi connectivity index (χ1v) is 5.99. The number of rotatable bonds is 6. The molecule has 1 aromatic heterocycles. The standard InChI is InChI=1S/C10H17BrN4/c1-3-15(4-2)6-5-12-10-13-7-9(11)8-14-10/h7-8H,3-6H2,1-2H3,(H,12,13,14). The Morgan fingerprint density at radius 1 is 1.27 bits per heavy atom. The second-order valence-electron chi connectivity index (χ2n) is 3.18. The van der Waals surface area contributed by atoms with Gasteiger partial charge < -0.3 is 10.2 Å². The van der Waals surface area contributed by atoms with E-state index < -0.39 is 0 Å². The maximum absolute atomic E-state index is 4.14. The number of hydrogen-bond donors (Lipinski definition) is 1. The van der Waals surface area contributed by atoms with E-state index in [4.69, 9.17) is 0 Å².